The fourth-order valence-corrected chi connectivity index (χ4v) is 3.52. The summed E-state index contributed by atoms with van der Waals surface area (Å²) in [7, 11) is 1.63. The van der Waals surface area contributed by atoms with Crippen LogP contribution in [-0.4, -0.2) is 58.7 Å². The molecule has 0 saturated carbocycles. The minimum atomic E-state index is -0.583. The Morgan fingerprint density at radius 1 is 1.35 bits per heavy atom. The zero-order valence-electron chi connectivity index (χ0n) is 15.5. The van der Waals surface area contributed by atoms with Crippen molar-refractivity contribution in [2.75, 3.05) is 33.4 Å². The molecule has 3 heterocycles. The van der Waals surface area contributed by atoms with Gasteiger partial charge in [0, 0.05) is 51.9 Å². The fourth-order valence-electron chi connectivity index (χ4n) is 3.52. The van der Waals surface area contributed by atoms with E-state index in [-0.39, 0.29) is 5.91 Å². The third kappa shape index (κ3) is 3.94. The van der Waals surface area contributed by atoms with Crippen LogP contribution in [0.25, 0.3) is 0 Å². The molecule has 2 aromatic heterocycles. The number of hydrogen-bond donors (Lipinski definition) is 1. The van der Waals surface area contributed by atoms with Gasteiger partial charge in [0.25, 0.3) is 0 Å². The van der Waals surface area contributed by atoms with Crippen molar-refractivity contribution in [3.8, 4) is 0 Å². The van der Waals surface area contributed by atoms with Crippen LogP contribution in [0, 0.1) is 6.92 Å². The van der Waals surface area contributed by atoms with Gasteiger partial charge < -0.3 is 14.6 Å². The first-order valence-corrected chi connectivity index (χ1v) is 9.04. The Kier molecular flexibility index (Phi) is 6.00. The van der Waals surface area contributed by atoms with Crippen molar-refractivity contribution < 1.29 is 9.53 Å². The molecule has 7 nitrogen and oxygen atoms in total. The van der Waals surface area contributed by atoms with Crippen molar-refractivity contribution in [3.05, 3.63) is 48.3 Å². The molecular weight excluding hydrogens is 330 g/mol. The standard InChI is InChI=1S/C19H27N5O2/c1-16-4-3-7-21-17(16)14-23-10-5-19(6-11-23,24-12-8-20-15-24)18(25)22-9-13-26-2/h3-4,7-8,12,15H,5-6,9-11,13-14H2,1-2H3,(H,22,25). The monoisotopic (exact) mass is 357 g/mol. The quantitative estimate of drug-likeness (QED) is 0.757. The number of aromatic nitrogens is 3. The fraction of sp³-hybridized carbons (Fsp3) is 0.526. The topological polar surface area (TPSA) is 72.3 Å². The van der Waals surface area contributed by atoms with Crippen LogP contribution in [0.5, 0.6) is 0 Å². The normalized spacial score (nSPS) is 17.2. The minimum absolute atomic E-state index is 0.0428. The predicted octanol–water partition coefficient (Wildman–Crippen LogP) is 1.34. The Hall–Kier alpha value is -2.25. The van der Waals surface area contributed by atoms with Gasteiger partial charge in [0.2, 0.25) is 5.91 Å². The molecule has 1 amide bonds. The highest BCUT2D eigenvalue weighted by Crippen LogP contribution is 2.31. The third-order valence-corrected chi connectivity index (χ3v) is 5.19. The van der Waals surface area contributed by atoms with Crippen LogP contribution >= 0.6 is 0 Å². The average Bonchev–Trinajstić information content (AvgIpc) is 3.20. The second-order valence-electron chi connectivity index (χ2n) is 6.79. The number of ether oxygens (including phenoxy) is 1. The maximum absolute atomic E-state index is 13.0. The van der Waals surface area contributed by atoms with E-state index in [2.05, 4.69) is 33.2 Å². The highest BCUT2D eigenvalue weighted by molar-refractivity contribution is 5.84. The lowest BCUT2D eigenvalue weighted by molar-refractivity contribution is -0.132. The van der Waals surface area contributed by atoms with Gasteiger partial charge in [-0.05, 0) is 31.4 Å². The Morgan fingerprint density at radius 3 is 2.81 bits per heavy atom. The van der Waals surface area contributed by atoms with Crippen molar-refractivity contribution in [2.24, 2.45) is 0 Å². The molecule has 1 N–H and O–H groups in total. The predicted molar refractivity (Wildman–Crippen MR) is 98.6 cm³/mol. The molecule has 7 heteroatoms. The number of nitrogens with zero attached hydrogens (tertiary/aromatic N) is 4. The number of imidazole rings is 1. The van der Waals surface area contributed by atoms with Crippen molar-refractivity contribution in [1.82, 2.24) is 24.8 Å². The van der Waals surface area contributed by atoms with Gasteiger partial charge in [-0.15, -0.1) is 0 Å². The number of methoxy groups -OCH3 is 1. The van der Waals surface area contributed by atoms with Crippen LogP contribution in [0.15, 0.2) is 37.1 Å². The van der Waals surface area contributed by atoms with Gasteiger partial charge in [-0.3, -0.25) is 14.7 Å². The maximum Gasteiger partial charge on any atom is 0.246 e. The van der Waals surface area contributed by atoms with Crippen LogP contribution < -0.4 is 5.32 Å². The van der Waals surface area contributed by atoms with Crippen LogP contribution in [0.1, 0.15) is 24.1 Å². The van der Waals surface area contributed by atoms with E-state index < -0.39 is 5.54 Å². The first-order chi connectivity index (χ1) is 12.7. The summed E-state index contributed by atoms with van der Waals surface area (Å²) in [6, 6.07) is 4.05. The van der Waals surface area contributed by atoms with Gasteiger partial charge in [0.05, 0.1) is 18.6 Å². The zero-order chi connectivity index (χ0) is 18.4. The maximum atomic E-state index is 13.0. The summed E-state index contributed by atoms with van der Waals surface area (Å²) in [5.41, 5.74) is 1.73. The lowest BCUT2D eigenvalue weighted by Crippen LogP contribution is -2.55. The Balaban J connectivity index is 1.69. The molecule has 1 fully saturated rings. The highest BCUT2D eigenvalue weighted by atomic mass is 16.5. The summed E-state index contributed by atoms with van der Waals surface area (Å²) in [6.45, 7) is 5.61. The molecule has 0 bridgehead atoms. The van der Waals surface area contributed by atoms with E-state index in [0.29, 0.717) is 13.2 Å². The molecule has 0 atom stereocenters. The molecule has 0 unspecified atom stereocenters. The van der Waals surface area contributed by atoms with Gasteiger partial charge in [0.15, 0.2) is 0 Å². The lowest BCUT2D eigenvalue weighted by atomic mass is 9.86. The molecule has 1 saturated heterocycles. The first kappa shape index (κ1) is 18.5. The van der Waals surface area contributed by atoms with E-state index in [0.717, 1.165) is 38.2 Å². The molecule has 0 aromatic carbocycles. The van der Waals surface area contributed by atoms with E-state index >= 15 is 0 Å². The van der Waals surface area contributed by atoms with E-state index in [9.17, 15) is 4.79 Å². The molecule has 1 aliphatic rings. The minimum Gasteiger partial charge on any atom is -0.383 e. The summed E-state index contributed by atoms with van der Waals surface area (Å²) in [4.78, 5) is 24.0. The number of nitrogens with one attached hydrogen (secondary N) is 1. The van der Waals surface area contributed by atoms with Crippen molar-refractivity contribution in [1.29, 1.82) is 0 Å². The molecule has 0 spiro atoms. The summed E-state index contributed by atoms with van der Waals surface area (Å²) in [5, 5.41) is 3.01. The molecule has 0 radical (unpaired) electrons. The number of rotatable bonds is 7. The van der Waals surface area contributed by atoms with Gasteiger partial charge in [-0.25, -0.2) is 4.98 Å². The molecule has 3 rings (SSSR count). The summed E-state index contributed by atoms with van der Waals surface area (Å²) in [6.07, 6.45) is 8.68. The Bertz CT molecular complexity index is 708. The third-order valence-electron chi connectivity index (χ3n) is 5.19. The van der Waals surface area contributed by atoms with Crippen LogP contribution in [0.4, 0.5) is 0 Å². The van der Waals surface area contributed by atoms with Crippen molar-refractivity contribution >= 4 is 5.91 Å². The van der Waals surface area contributed by atoms with E-state index in [1.54, 1.807) is 19.6 Å². The molecule has 1 aliphatic heterocycles. The number of hydrogen-bond acceptors (Lipinski definition) is 5. The molecule has 2 aromatic rings. The number of piperidine rings is 1. The number of carbonyl (C=O) groups is 1. The highest BCUT2D eigenvalue weighted by Gasteiger charge is 2.42. The Morgan fingerprint density at radius 2 is 2.15 bits per heavy atom. The largest absolute Gasteiger partial charge is 0.383 e. The van der Waals surface area contributed by atoms with Gasteiger partial charge in [-0.2, -0.15) is 0 Å². The lowest BCUT2D eigenvalue weighted by Gasteiger charge is -2.41. The number of aryl methyl sites for hydroxylation is 1. The molecule has 140 valence electrons. The van der Waals surface area contributed by atoms with Crippen LogP contribution in [0.2, 0.25) is 0 Å². The second kappa shape index (κ2) is 8.42. The average molecular weight is 357 g/mol. The van der Waals surface area contributed by atoms with E-state index in [4.69, 9.17) is 4.74 Å². The zero-order valence-corrected chi connectivity index (χ0v) is 15.5. The number of carbonyl (C=O) groups excluding carboxylic acids is 1. The van der Waals surface area contributed by atoms with Crippen molar-refractivity contribution in [2.45, 2.75) is 31.8 Å². The van der Waals surface area contributed by atoms with Gasteiger partial charge in [-0.1, -0.05) is 6.07 Å². The summed E-state index contributed by atoms with van der Waals surface area (Å²) < 4.78 is 7.01. The summed E-state index contributed by atoms with van der Waals surface area (Å²) >= 11 is 0. The second-order valence-corrected chi connectivity index (χ2v) is 6.79. The van der Waals surface area contributed by atoms with E-state index in [1.165, 1.54) is 5.56 Å². The first-order valence-electron chi connectivity index (χ1n) is 9.04. The number of likely N-dealkylation sites (tertiary alicyclic amines) is 1. The molecular formula is C19H27N5O2. The van der Waals surface area contributed by atoms with Crippen molar-refractivity contribution in [3.63, 3.8) is 0 Å². The molecule has 26 heavy (non-hydrogen) atoms. The van der Waals surface area contributed by atoms with Gasteiger partial charge >= 0.3 is 0 Å². The van der Waals surface area contributed by atoms with Crippen LogP contribution in [0.3, 0.4) is 0 Å². The van der Waals surface area contributed by atoms with Crippen LogP contribution in [-0.2, 0) is 21.6 Å². The smallest absolute Gasteiger partial charge is 0.246 e. The Labute approximate surface area is 154 Å². The summed E-state index contributed by atoms with van der Waals surface area (Å²) in [5.74, 6) is 0.0428. The molecule has 0 aliphatic carbocycles. The van der Waals surface area contributed by atoms with E-state index in [1.807, 2.05) is 23.0 Å². The number of pyridine rings is 1. The number of amides is 1. The SMILES string of the molecule is COCCNC(=O)C1(n2ccnc2)CCN(Cc2ncccc2C)CC1. The van der Waals surface area contributed by atoms with Gasteiger partial charge in [0.1, 0.15) is 5.54 Å².